The summed E-state index contributed by atoms with van der Waals surface area (Å²) in [5.41, 5.74) is 1.38. The van der Waals surface area contributed by atoms with E-state index in [1.54, 1.807) is 12.1 Å². The van der Waals surface area contributed by atoms with Gasteiger partial charge in [0.15, 0.2) is 0 Å². The van der Waals surface area contributed by atoms with Crippen LogP contribution < -0.4 is 10.2 Å². The van der Waals surface area contributed by atoms with E-state index >= 15 is 0 Å². The zero-order valence-electron chi connectivity index (χ0n) is 10.3. The molecule has 5 heteroatoms. The number of amides is 1. The zero-order valence-corrected chi connectivity index (χ0v) is 10.3. The monoisotopic (exact) mass is 248 g/mol. The number of benzene rings is 1. The lowest BCUT2D eigenvalue weighted by Gasteiger charge is -2.19. The molecule has 96 valence electrons. The summed E-state index contributed by atoms with van der Waals surface area (Å²) >= 11 is 0. The van der Waals surface area contributed by atoms with Gasteiger partial charge in [0.25, 0.3) is 0 Å². The van der Waals surface area contributed by atoms with Crippen LogP contribution in [0.5, 0.6) is 0 Å². The van der Waals surface area contributed by atoms with Gasteiger partial charge in [-0.3, -0.25) is 4.79 Å². The number of nitrogens with one attached hydrogen (secondary N) is 1. The molecule has 1 aliphatic heterocycles. The molecule has 1 aliphatic rings. The van der Waals surface area contributed by atoms with Crippen LogP contribution in [0.3, 0.4) is 0 Å². The third-order valence-electron chi connectivity index (χ3n) is 3.02. The predicted octanol–water partition coefficient (Wildman–Crippen LogP) is 1.94. The number of nitrogens with zero attached hydrogens (tertiary/aromatic N) is 1. The normalized spacial score (nSPS) is 14.6. The Bertz CT molecular complexity index is 479. The van der Waals surface area contributed by atoms with Gasteiger partial charge in [0.05, 0.1) is 11.3 Å². The second-order valence-corrected chi connectivity index (χ2v) is 4.41. The lowest BCUT2D eigenvalue weighted by atomic mass is 10.1. The Morgan fingerprint density at radius 2 is 1.94 bits per heavy atom. The van der Waals surface area contributed by atoms with Crippen LogP contribution in [-0.4, -0.2) is 30.1 Å². The summed E-state index contributed by atoms with van der Waals surface area (Å²) in [6.07, 6.45) is 2.27. The fourth-order valence-electron chi connectivity index (χ4n) is 2.18. The van der Waals surface area contributed by atoms with Crippen molar-refractivity contribution in [3.05, 3.63) is 23.8 Å². The molecule has 1 fully saturated rings. The number of anilines is 2. The minimum absolute atomic E-state index is 0.134. The van der Waals surface area contributed by atoms with Crippen LogP contribution in [0.1, 0.15) is 30.1 Å². The molecule has 0 saturated carbocycles. The first-order valence-corrected chi connectivity index (χ1v) is 5.98. The summed E-state index contributed by atoms with van der Waals surface area (Å²) in [6.45, 7) is 3.27. The molecule has 1 saturated heterocycles. The minimum atomic E-state index is -1.03. The molecule has 0 radical (unpaired) electrons. The summed E-state index contributed by atoms with van der Waals surface area (Å²) in [6, 6.07) is 5.13. The molecule has 0 unspecified atom stereocenters. The molecule has 18 heavy (non-hydrogen) atoms. The molecule has 1 heterocycles. The van der Waals surface area contributed by atoms with Crippen molar-refractivity contribution in [3.63, 3.8) is 0 Å². The highest BCUT2D eigenvalue weighted by molar-refractivity contribution is 6.00. The van der Waals surface area contributed by atoms with Crippen LogP contribution in [0.15, 0.2) is 18.2 Å². The highest BCUT2D eigenvalue weighted by Gasteiger charge is 2.17. The maximum absolute atomic E-state index is 11.2. The topological polar surface area (TPSA) is 69.6 Å². The Morgan fingerprint density at radius 1 is 1.28 bits per heavy atom. The summed E-state index contributed by atoms with van der Waals surface area (Å²) in [5.74, 6) is -1.30. The van der Waals surface area contributed by atoms with Crippen molar-refractivity contribution in [2.45, 2.75) is 19.8 Å². The van der Waals surface area contributed by atoms with E-state index in [2.05, 4.69) is 10.2 Å². The van der Waals surface area contributed by atoms with E-state index in [4.69, 9.17) is 0 Å². The molecule has 0 atom stereocenters. The van der Waals surface area contributed by atoms with E-state index in [1.165, 1.54) is 6.92 Å². The van der Waals surface area contributed by atoms with Gasteiger partial charge in [0.2, 0.25) is 5.91 Å². The van der Waals surface area contributed by atoms with Gasteiger partial charge in [-0.25, -0.2) is 4.79 Å². The maximum atomic E-state index is 11.2. The average molecular weight is 248 g/mol. The van der Waals surface area contributed by atoms with Gasteiger partial charge in [-0.1, -0.05) is 0 Å². The van der Waals surface area contributed by atoms with Gasteiger partial charge in [-0.2, -0.15) is 0 Å². The number of hydrogen-bond donors (Lipinski definition) is 2. The molecular weight excluding hydrogens is 232 g/mol. The second-order valence-electron chi connectivity index (χ2n) is 4.41. The molecule has 1 aromatic rings. The van der Waals surface area contributed by atoms with Crippen molar-refractivity contribution in [1.82, 2.24) is 0 Å². The van der Waals surface area contributed by atoms with Gasteiger partial charge < -0.3 is 15.3 Å². The average Bonchev–Trinajstić information content (AvgIpc) is 2.82. The van der Waals surface area contributed by atoms with Crippen LogP contribution in [0.4, 0.5) is 11.4 Å². The number of rotatable bonds is 3. The van der Waals surface area contributed by atoms with Crippen molar-refractivity contribution in [2.75, 3.05) is 23.3 Å². The van der Waals surface area contributed by atoms with Gasteiger partial charge >= 0.3 is 5.97 Å². The van der Waals surface area contributed by atoms with E-state index < -0.39 is 5.97 Å². The molecule has 0 aliphatic carbocycles. The minimum Gasteiger partial charge on any atom is -0.478 e. The second kappa shape index (κ2) is 5.08. The lowest BCUT2D eigenvalue weighted by Crippen LogP contribution is -2.19. The molecule has 0 spiro atoms. The van der Waals surface area contributed by atoms with E-state index in [0.29, 0.717) is 5.69 Å². The molecule has 5 nitrogen and oxygen atoms in total. The number of aromatic carboxylic acids is 1. The molecule has 2 N–H and O–H groups in total. The molecular formula is C13H16N2O3. The third-order valence-corrected chi connectivity index (χ3v) is 3.02. The highest BCUT2D eigenvalue weighted by atomic mass is 16.4. The first kappa shape index (κ1) is 12.4. The summed E-state index contributed by atoms with van der Waals surface area (Å²) < 4.78 is 0. The van der Waals surface area contributed by atoms with E-state index in [1.807, 2.05) is 6.07 Å². The number of carbonyl (C=O) groups excluding carboxylic acids is 1. The van der Waals surface area contributed by atoms with Crippen molar-refractivity contribution >= 4 is 23.3 Å². The van der Waals surface area contributed by atoms with Crippen molar-refractivity contribution in [2.24, 2.45) is 0 Å². The largest absolute Gasteiger partial charge is 0.478 e. The van der Waals surface area contributed by atoms with E-state index in [9.17, 15) is 14.7 Å². The number of carboxylic acids is 1. The fraction of sp³-hybridized carbons (Fsp3) is 0.385. The molecule has 0 aromatic heterocycles. The third kappa shape index (κ3) is 2.61. The SMILES string of the molecule is CC(=O)Nc1ccc(N2CCCC2)cc1C(=O)O. The Balaban J connectivity index is 2.33. The van der Waals surface area contributed by atoms with Gasteiger partial charge in [-0.15, -0.1) is 0 Å². The Hall–Kier alpha value is -2.04. The first-order chi connectivity index (χ1) is 8.58. The summed E-state index contributed by atoms with van der Waals surface area (Å²) in [7, 11) is 0. The van der Waals surface area contributed by atoms with Crippen molar-refractivity contribution in [1.29, 1.82) is 0 Å². The highest BCUT2D eigenvalue weighted by Crippen LogP contribution is 2.26. The smallest absolute Gasteiger partial charge is 0.337 e. The van der Waals surface area contributed by atoms with Crippen molar-refractivity contribution in [3.8, 4) is 0 Å². The van der Waals surface area contributed by atoms with Crippen LogP contribution in [0, 0.1) is 0 Å². The van der Waals surface area contributed by atoms with E-state index in [0.717, 1.165) is 31.6 Å². The van der Waals surface area contributed by atoms with E-state index in [-0.39, 0.29) is 11.5 Å². The summed E-state index contributed by atoms with van der Waals surface area (Å²) in [4.78, 5) is 24.4. The summed E-state index contributed by atoms with van der Waals surface area (Å²) in [5, 5.41) is 11.7. The Labute approximate surface area is 105 Å². The van der Waals surface area contributed by atoms with Gasteiger partial charge in [-0.05, 0) is 31.0 Å². The predicted molar refractivity (Wildman–Crippen MR) is 69.2 cm³/mol. The zero-order chi connectivity index (χ0) is 13.1. The van der Waals surface area contributed by atoms with Crippen LogP contribution >= 0.6 is 0 Å². The van der Waals surface area contributed by atoms with Gasteiger partial charge in [0, 0.05) is 25.7 Å². The van der Waals surface area contributed by atoms with Gasteiger partial charge in [0.1, 0.15) is 0 Å². The van der Waals surface area contributed by atoms with Crippen LogP contribution in [-0.2, 0) is 4.79 Å². The van der Waals surface area contributed by atoms with Crippen LogP contribution in [0.25, 0.3) is 0 Å². The number of carbonyl (C=O) groups is 2. The number of carboxylic acid groups (broad SMARTS) is 1. The quantitative estimate of drug-likeness (QED) is 0.857. The van der Waals surface area contributed by atoms with Crippen molar-refractivity contribution < 1.29 is 14.7 Å². The first-order valence-electron chi connectivity index (χ1n) is 5.98. The van der Waals surface area contributed by atoms with Crippen LogP contribution in [0.2, 0.25) is 0 Å². The lowest BCUT2D eigenvalue weighted by molar-refractivity contribution is -0.114. The maximum Gasteiger partial charge on any atom is 0.337 e. The molecule has 1 aromatic carbocycles. The Kier molecular flexibility index (Phi) is 3.50. The number of hydrogen-bond acceptors (Lipinski definition) is 3. The molecule has 2 rings (SSSR count). The standard InChI is InChI=1S/C13H16N2O3/c1-9(16)14-12-5-4-10(8-11(12)13(17)18)15-6-2-3-7-15/h4-5,8H,2-3,6-7H2,1H3,(H,14,16)(H,17,18). The Morgan fingerprint density at radius 3 is 2.50 bits per heavy atom. The molecule has 1 amide bonds. The fourth-order valence-corrected chi connectivity index (χ4v) is 2.18. The molecule has 0 bridgehead atoms.